The van der Waals surface area contributed by atoms with Crippen molar-refractivity contribution in [2.24, 2.45) is 5.92 Å². The zero-order valence-electron chi connectivity index (χ0n) is 22.7. The summed E-state index contributed by atoms with van der Waals surface area (Å²) in [4.78, 5) is 32.6. The molecular formula is C32H37N3O4. The summed E-state index contributed by atoms with van der Waals surface area (Å²) >= 11 is 0. The first-order chi connectivity index (χ1) is 19.1. The number of rotatable bonds is 10. The van der Waals surface area contributed by atoms with E-state index in [4.69, 9.17) is 9.47 Å². The SMILES string of the molecule is COC(=O)C1CCC2(CCc3ccc(OCCCCNC(=O)Cc4cccc(-c5cncnc5)c4)cc32)CC1. The van der Waals surface area contributed by atoms with Crippen molar-refractivity contribution in [1.29, 1.82) is 0 Å². The normalized spacial score (nSPS) is 19.9. The number of aryl methyl sites for hydroxylation is 1. The Morgan fingerprint density at radius 2 is 1.82 bits per heavy atom. The lowest BCUT2D eigenvalue weighted by molar-refractivity contribution is -0.147. The van der Waals surface area contributed by atoms with Crippen molar-refractivity contribution in [2.75, 3.05) is 20.3 Å². The van der Waals surface area contributed by atoms with Crippen LogP contribution in [0.2, 0.25) is 0 Å². The molecule has 1 fully saturated rings. The highest BCUT2D eigenvalue weighted by Gasteiger charge is 2.43. The topological polar surface area (TPSA) is 90.4 Å². The molecule has 2 aromatic carbocycles. The molecule has 2 aliphatic rings. The average molecular weight is 528 g/mol. The summed E-state index contributed by atoms with van der Waals surface area (Å²) in [6.07, 6.45) is 13.2. The molecule has 3 aromatic rings. The van der Waals surface area contributed by atoms with Crippen LogP contribution in [0.5, 0.6) is 5.75 Å². The van der Waals surface area contributed by atoms with Crippen LogP contribution in [0.15, 0.2) is 61.2 Å². The van der Waals surface area contributed by atoms with Crippen molar-refractivity contribution in [3.05, 3.63) is 77.9 Å². The molecule has 1 heterocycles. The smallest absolute Gasteiger partial charge is 0.308 e. The standard InChI is InChI=1S/C32H37N3O4/c1-38-31(37)25-10-13-32(14-11-25)12-9-24-7-8-28(19-29(24)32)39-16-3-2-15-35-30(36)18-23-5-4-6-26(17-23)27-20-33-22-34-21-27/h4-8,17,19-22,25H,2-3,9-16,18H2,1H3,(H,35,36). The summed E-state index contributed by atoms with van der Waals surface area (Å²) in [5.41, 5.74) is 5.92. The second-order valence-corrected chi connectivity index (χ2v) is 10.8. The number of nitrogens with one attached hydrogen (secondary N) is 1. The lowest BCUT2D eigenvalue weighted by Gasteiger charge is -2.37. The quantitative estimate of drug-likeness (QED) is 0.288. The Morgan fingerprint density at radius 1 is 1.00 bits per heavy atom. The van der Waals surface area contributed by atoms with E-state index in [1.165, 1.54) is 24.6 Å². The zero-order chi connectivity index (χ0) is 27.1. The van der Waals surface area contributed by atoms with Gasteiger partial charge in [-0.15, -0.1) is 0 Å². The molecule has 1 amide bonds. The highest BCUT2D eigenvalue weighted by atomic mass is 16.5. The molecule has 0 atom stereocenters. The van der Waals surface area contributed by atoms with Gasteiger partial charge in [0.15, 0.2) is 0 Å². The zero-order valence-corrected chi connectivity index (χ0v) is 22.7. The average Bonchev–Trinajstić information content (AvgIpc) is 3.32. The molecule has 0 unspecified atom stereocenters. The van der Waals surface area contributed by atoms with Gasteiger partial charge >= 0.3 is 5.97 Å². The third kappa shape index (κ3) is 6.47. The molecule has 7 nitrogen and oxygen atoms in total. The number of fused-ring (bicyclic) bond motifs is 2. The van der Waals surface area contributed by atoms with Gasteiger partial charge in [-0.2, -0.15) is 0 Å². The number of carbonyl (C=O) groups excluding carboxylic acids is 2. The van der Waals surface area contributed by atoms with E-state index in [2.05, 4.69) is 33.5 Å². The molecule has 0 radical (unpaired) electrons. The van der Waals surface area contributed by atoms with Gasteiger partial charge in [-0.25, -0.2) is 9.97 Å². The first-order valence-electron chi connectivity index (χ1n) is 14.0. The molecule has 7 heteroatoms. The number of aromatic nitrogens is 2. The molecule has 2 aliphatic carbocycles. The number of methoxy groups -OCH3 is 1. The summed E-state index contributed by atoms with van der Waals surface area (Å²) in [7, 11) is 1.48. The van der Waals surface area contributed by atoms with Crippen LogP contribution in [0.1, 0.15) is 61.6 Å². The largest absolute Gasteiger partial charge is 0.494 e. The van der Waals surface area contributed by atoms with Gasteiger partial charge in [0.2, 0.25) is 5.91 Å². The monoisotopic (exact) mass is 527 g/mol. The number of hydrogen-bond donors (Lipinski definition) is 1. The van der Waals surface area contributed by atoms with Gasteiger partial charge in [0.25, 0.3) is 0 Å². The van der Waals surface area contributed by atoms with Crippen molar-refractivity contribution in [2.45, 2.75) is 63.2 Å². The Bertz CT molecular complexity index is 1290. The maximum absolute atomic E-state index is 12.5. The first kappa shape index (κ1) is 26.9. The van der Waals surface area contributed by atoms with E-state index < -0.39 is 0 Å². The lowest BCUT2D eigenvalue weighted by atomic mass is 9.67. The second-order valence-electron chi connectivity index (χ2n) is 10.8. The Morgan fingerprint density at radius 3 is 2.62 bits per heavy atom. The highest BCUT2D eigenvalue weighted by Crippen LogP contribution is 2.50. The highest BCUT2D eigenvalue weighted by molar-refractivity contribution is 5.79. The predicted molar refractivity (Wildman–Crippen MR) is 149 cm³/mol. The van der Waals surface area contributed by atoms with Crippen LogP contribution in [-0.2, 0) is 32.6 Å². The molecule has 1 saturated carbocycles. The summed E-state index contributed by atoms with van der Waals surface area (Å²) in [5.74, 6) is 0.907. The summed E-state index contributed by atoms with van der Waals surface area (Å²) in [6, 6.07) is 14.5. The van der Waals surface area contributed by atoms with Gasteiger partial charge in [0.05, 0.1) is 26.1 Å². The van der Waals surface area contributed by atoms with Crippen molar-refractivity contribution in [3.8, 4) is 16.9 Å². The van der Waals surface area contributed by atoms with Crippen molar-refractivity contribution >= 4 is 11.9 Å². The van der Waals surface area contributed by atoms with Gasteiger partial charge in [-0.3, -0.25) is 9.59 Å². The van der Waals surface area contributed by atoms with E-state index in [0.29, 0.717) is 19.6 Å². The number of hydrogen-bond acceptors (Lipinski definition) is 6. The number of benzene rings is 2. The summed E-state index contributed by atoms with van der Waals surface area (Å²) < 4.78 is 11.1. The maximum Gasteiger partial charge on any atom is 0.308 e. The predicted octanol–water partition coefficient (Wildman–Crippen LogP) is 5.21. The molecule has 0 aliphatic heterocycles. The van der Waals surface area contributed by atoms with Crippen LogP contribution in [-0.4, -0.2) is 42.1 Å². The van der Waals surface area contributed by atoms with Gasteiger partial charge in [-0.05, 0) is 91.2 Å². The van der Waals surface area contributed by atoms with Gasteiger partial charge in [-0.1, -0.05) is 30.3 Å². The number of ether oxygens (including phenoxy) is 2. The van der Waals surface area contributed by atoms with Gasteiger partial charge < -0.3 is 14.8 Å². The fourth-order valence-corrected chi connectivity index (χ4v) is 6.16. The van der Waals surface area contributed by atoms with E-state index >= 15 is 0 Å². The third-order valence-corrected chi connectivity index (χ3v) is 8.35. The Kier molecular flexibility index (Phi) is 8.54. The lowest BCUT2D eigenvalue weighted by Crippen LogP contribution is -2.32. The number of carbonyl (C=O) groups is 2. The van der Waals surface area contributed by atoms with Crippen molar-refractivity contribution in [3.63, 3.8) is 0 Å². The fraction of sp³-hybridized carbons (Fsp3) is 0.438. The minimum atomic E-state index is -0.0656. The first-order valence-corrected chi connectivity index (χ1v) is 14.0. The van der Waals surface area contributed by atoms with Crippen LogP contribution >= 0.6 is 0 Å². The van der Waals surface area contributed by atoms with Crippen LogP contribution in [0.4, 0.5) is 0 Å². The fourth-order valence-electron chi connectivity index (χ4n) is 6.16. The van der Waals surface area contributed by atoms with Crippen molar-refractivity contribution in [1.82, 2.24) is 15.3 Å². The maximum atomic E-state index is 12.5. The third-order valence-electron chi connectivity index (χ3n) is 8.35. The number of esters is 1. The van der Waals surface area contributed by atoms with Gasteiger partial charge in [0.1, 0.15) is 12.1 Å². The molecule has 1 spiro atoms. The molecular weight excluding hydrogens is 490 g/mol. The van der Waals surface area contributed by atoms with E-state index in [0.717, 1.165) is 73.8 Å². The molecule has 0 saturated heterocycles. The van der Waals surface area contributed by atoms with E-state index in [-0.39, 0.29) is 23.2 Å². The van der Waals surface area contributed by atoms with Crippen LogP contribution in [0.3, 0.4) is 0 Å². The minimum Gasteiger partial charge on any atom is -0.494 e. The second kappa shape index (κ2) is 12.4. The molecule has 1 aromatic heterocycles. The number of unbranched alkanes of at least 4 members (excludes halogenated alkanes) is 1. The number of nitrogens with zero attached hydrogens (tertiary/aromatic N) is 2. The van der Waals surface area contributed by atoms with Crippen LogP contribution in [0.25, 0.3) is 11.1 Å². The molecule has 5 rings (SSSR count). The Balaban J connectivity index is 1.04. The van der Waals surface area contributed by atoms with Crippen LogP contribution < -0.4 is 10.1 Å². The van der Waals surface area contributed by atoms with Crippen molar-refractivity contribution < 1.29 is 19.1 Å². The Labute approximate surface area is 230 Å². The molecule has 1 N–H and O–H groups in total. The molecule has 0 bridgehead atoms. The number of amides is 1. The Hall–Kier alpha value is -3.74. The molecule has 204 valence electrons. The van der Waals surface area contributed by atoms with Crippen LogP contribution in [0, 0.1) is 5.92 Å². The summed E-state index contributed by atoms with van der Waals surface area (Å²) in [5, 5.41) is 3.03. The minimum absolute atomic E-state index is 0.0169. The van der Waals surface area contributed by atoms with E-state index in [1.807, 2.05) is 24.3 Å². The van der Waals surface area contributed by atoms with E-state index in [9.17, 15) is 9.59 Å². The van der Waals surface area contributed by atoms with E-state index in [1.54, 1.807) is 12.4 Å². The van der Waals surface area contributed by atoms with Gasteiger partial charge in [0, 0.05) is 24.5 Å². The summed E-state index contributed by atoms with van der Waals surface area (Å²) in [6.45, 7) is 1.25. The molecule has 39 heavy (non-hydrogen) atoms.